The largest absolute Gasteiger partial charge is 0.491 e. The molecule has 1 N–H and O–H groups in total. The van der Waals surface area contributed by atoms with Crippen LogP contribution in [0, 0.1) is 6.92 Å². The van der Waals surface area contributed by atoms with Crippen LogP contribution >= 0.6 is 0 Å². The molecule has 0 aliphatic rings. The molecular weight excluding hydrogens is 558 g/mol. The van der Waals surface area contributed by atoms with Crippen molar-refractivity contribution in [1.29, 1.82) is 0 Å². The van der Waals surface area contributed by atoms with Gasteiger partial charge in [-0.1, -0.05) is 54.1 Å². The summed E-state index contributed by atoms with van der Waals surface area (Å²) in [6, 6.07) is 21.7. The number of rotatable bonds is 15. The number of nitrogens with one attached hydrogen (secondary N) is 1. The predicted molar refractivity (Wildman–Crippen MR) is 163 cm³/mol. The van der Waals surface area contributed by atoms with Crippen molar-refractivity contribution < 1.29 is 36.3 Å². The number of benzene rings is 3. The number of ether oxygens (including phenoxy) is 4. The highest BCUT2D eigenvalue weighted by molar-refractivity contribution is 7.86. The number of aryl methyl sites for hydroxylation is 1. The summed E-state index contributed by atoms with van der Waals surface area (Å²) < 4.78 is 51.0. The number of carbonyl (C=O) groups excluding carboxylic acids is 1. The number of anilines is 1. The van der Waals surface area contributed by atoms with Crippen LogP contribution in [-0.4, -0.2) is 59.8 Å². The Morgan fingerprint density at radius 1 is 0.738 bits per heavy atom. The van der Waals surface area contributed by atoms with Gasteiger partial charge in [-0.15, -0.1) is 0 Å². The van der Waals surface area contributed by atoms with Gasteiger partial charge in [0, 0.05) is 5.69 Å². The lowest BCUT2D eigenvalue weighted by Gasteiger charge is -2.19. The molecule has 0 bridgehead atoms. The number of amides is 1. The summed E-state index contributed by atoms with van der Waals surface area (Å²) in [5.41, 5.74) is 3.10. The van der Waals surface area contributed by atoms with E-state index in [-0.39, 0.29) is 18.1 Å². The molecule has 0 saturated carbocycles. The molecule has 226 valence electrons. The standard InChI is InChI=1S/C32H39NO8S/c1-25-5-17-30(18-6-25)42(35,36)40-24-22-38-20-19-37-21-23-39-29-15-11-27(12-16-29)8-7-26-9-13-28(14-10-26)33-31(34)41-32(2,3)4/h5-18H,19-24H2,1-4H3,(H,33,34)/b8-7+. The van der Waals surface area contributed by atoms with Crippen LogP contribution in [0.4, 0.5) is 10.5 Å². The molecule has 0 unspecified atom stereocenters. The van der Waals surface area contributed by atoms with Gasteiger partial charge in [0.25, 0.3) is 10.1 Å². The van der Waals surface area contributed by atoms with Gasteiger partial charge < -0.3 is 18.9 Å². The van der Waals surface area contributed by atoms with Gasteiger partial charge in [-0.3, -0.25) is 9.50 Å². The maximum atomic E-state index is 12.1. The van der Waals surface area contributed by atoms with Gasteiger partial charge in [0.2, 0.25) is 0 Å². The van der Waals surface area contributed by atoms with E-state index >= 15 is 0 Å². The molecule has 10 heteroatoms. The summed E-state index contributed by atoms with van der Waals surface area (Å²) in [4.78, 5) is 12.0. The third-order valence-electron chi connectivity index (χ3n) is 5.55. The number of carbonyl (C=O) groups is 1. The van der Waals surface area contributed by atoms with Crippen LogP contribution in [0.3, 0.4) is 0 Å². The molecular formula is C32H39NO8S. The molecule has 1 amide bonds. The smallest absolute Gasteiger partial charge is 0.412 e. The molecule has 0 aliphatic carbocycles. The van der Waals surface area contributed by atoms with E-state index in [0.717, 1.165) is 22.4 Å². The van der Waals surface area contributed by atoms with Crippen LogP contribution in [0.1, 0.15) is 37.5 Å². The van der Waals surface area contributed by atoms with Crippen molar-refractivity contribution in [3.05, 3.63) is 89.5 Å². The zero-order valence-electron chi connectivity index (χ0n) is 24.5. The van der Waals surface area contributed by atoms with Gasteiger partial charge in [0.1, 0.15) is 18.0 Å². The quantitative estimate of drug-likeness (QED) is 0.123. The van der Waals surface area contributed by atoms with Crippen LogP contribution < -0.4 is 10.1 Å². The predicted octanol–water partition coefficient (Wildman–Crippen LogP) is 6.33. The van der Waals surface area contributed by atoms with Gasteiger partial charge in [0.05, 0.1) is 37.9 Å². The first-order chi connectivity index (χ1) is 20.0. The topological polar surface area (TPSA) is 109 Å². The molecule has 9 nitrogen and oxygen atoms in total. The van der Waals surface area contributed by atoms with Gasteiger partial charge in [-0.2, -0.15) is 8.42 Å². The highest BCUT2D eigenvalue weighted by Crippen LogP contribution is 2.17. The number of hydrogen-bond acceptors (Lipinski definition) is 8. The molecule has 3 rings (SSSR count). The zero-order chi connectivity index (χ0) is 30.4. The Balaban J connectivity index is 1.25. The van der Waals surface area contributed by atoms with Crippen LogP contribution in [-0.2, 0) is 28.5 Å². The highest BCUT2D eigenvalue weighted by atomic mass is 32.2. The maximum absolute atomic E-state index is 12.1. The molecule has 0 spiro atoms. The molecule has 0 atom stereocenters. The summed E-state index contributed by atoms with van der Waals surface area (Å²) in [6.45, 7) is 8.87. The Morgan fingerprint density at radius 3 is 1.83 bits per heavy atom. The average molecular weight is 598 g/mol. The van der Waals surface area contributed by atoms with E-state index in [9.17, 15) is 13.2 Å². The molecule has 0 fully saturated rings. The second-order valence-corrected chi connectivity index (χ2v) is 11.9. The van der Waals surface area contributed by atoms with Crippen molar-refractivity contribution in [3.63, 3.8) is 0 Å². The summed E-state index contributed by atoms with van der Waals surface area (Å²) in [7, 11) is -3.78. The summed E-state index contributed by atoms with van der Waals surface area (Å²) in [5.74, 6) is 0.733. The van der Waals surface area contributed by atoms with E-state index in [1.54, 1.807) is 12.1 Å². The lowest BCUT2D eigenvalue weighted by molar-refractivity contribution is 0.0279. The molecule has 0 heterocycles. The summed E-state index contributed by atoms with van der Waals surface area (Å²) in [6.07, 6.45) is 3.49. The fourth-order valence-electron chi connectivity index (χ4n) is 3.48. The van der Waals surface area contributed by atoms with Gasteiger partial charge in [-0.05, 0) is 75.2 Å². The van der Waals surface area contributed by atoms with E-state index in [1.165, 1.54) is 12.1 Å². The molecule has 0 aliphatic heterocycles. The van der Waals surface area contributed by atoms with Gasteiger partial charge in [-0.25, -0.2) is 4.79 Å². The van der Waals surface area contributed by atoms with Crippen molar-refractivity contribution in [3.8, 4) is 5.75 Å². The Hall–Kier alpha value is -3.70. The van der Waals surface area contributed by atoms with E-state index in [4.69, 9.17) is 23.1 Å². The van der Waals surface area contributed by atoms with Crippen LogP contribution in [0.15, 0.2) is 77.7 Å². The van der Waals surface area contributed by atoms with Crippen molar-refractivity contribution in [2.24, 2.45) is 0 Å². The SMILES string of the molecule is Cc1ccc(S(=O)(=O)OCCOCCOCCOc2ccc(/C=C/c3ccc(NC(=O)OC(C)(C)C)cc3)cc2)cc1. The number of hydrogen-bond donors (Lipinski definition) is 1. The molecule has 42 heavy (non-hydrogen) atoms. The average Bonchev–Trinajstić information content (AvgIpc) is 2.93. The monoisotopic (exact) mass is 597 g/mol. The van der Waals surface area contributed by atoms with Crippen molar-refractivity contribution >= 4 is 34.1 Å². The Kier molecular flexibility index (Phi) is 12.6. The minimum Gasteiger partial charge on any atom is -0.491 e. The third kappa shape index (κ3) is 12.4. The minimum absolute atomic E-state index is 0.0654. The first-order valence-corrected chi connectivity index (χ1v) is 15.0. The molecule has 3 aromatic rings. The normalized spacial score (nSPS) is 11.9. The van der Waals surface area contributed by atoms with E-state index < -0.39 is 21.8 Å². The lowest BCUT2D eigenvalue weighted by atomic mass is 10.1. The van der Waals surface area contributed by atoms with Crippen LogP contribution in [0.2, 0.25) is 0 Å². The van der Waals surface area contributed by atoms with Gasteiger partial charge >= 0.3 is 6.09 Å². The fourth-order valence-corrected chi connectivity index (χ4v) is 4.38. The molecule has 0 saturated heterocycles. The molecule has 3 aromatic carbocycles. The fraction of sp³-hybridized carbons (Fsp3) is 0.344. The highest BCUT2D eigenvalue weighted by Gasteiger charge is 2.16. The zero-order valence-corrected chi connectivity index (χ0v) is 25.3. The van der Waals surface area contributed by atoms with E-state index in [2.05, 4.69) is 5.32 Å². The first kappa shape index (κ1) is 32.8. The van der Waals surface area contributed by atoms with Crippen molar-refractivity contribution in [1.82, 2.24) is 0 Å². The Morgan fingerprint density at radius 2 is 1.26 bits per heavy atom. The third-order valence-corrected chi connectivity index (χ3v) is 6.88. The second kappa shape index (κ2) is 16.1. The van der Waals surface area contributed by atoms with Crippen molar-refractivity contribution in [2.45, 2.75) is 38.2 Å². The van der Waals surface area contributed by atoms with E-state index in [1.807, 2.05) is 88.4 Å². The molecule has 0 aromatic heterocycles. The first-order valence-electron chi connectivity index (χ1n) is 13.6. The Bertz CT molecular complexity index is 1380. The summed E-state index contributed by atoms with van der Waals surface area (Å²) >= 11 is 0. The maximum Gasteiger partial charge on any atom is 0.412 e. The van der Waals surface area contributed by atoms with Crippen LogP contribution in [0.5, 0.6) is 5.75 Å². The second-order valence-electron chi connectivity index (χ2n) is 10.3. The van der Waals surface area contributed by atoms with Crippen LogP contribution in [0.25, 0.3) is 12.2 Å². The minimum atomic E-state index is -3.78. The lowest BCUT2D eigenvalue weighted by Crippen LogP contribution is -2.27. The van der Waals surface area contributed by atoms with E-state index in [0.29, 0.717) is 32.1 Å². The Labute approximate surface area is 248 Å². The summed E-state index contributed by atoms with van der Waals surface area (Å²) in [5, 5.41) is 2.72. The molecule has 0 radical (unpaired) electrons. The van der Waals surface area contributed by atoms with Gasteiger partial charge in [0.15, 0.2) is 0 Å². The van der Waals surface area contributed by atoms with Crippen molar-refractivity contribution in [2.75, 3.05) is 45.0 Å².